The largest absolute Gasteiger partial charge is 0.406 e. The van der Waals surface area contributed by atoms with Gasteiger partial charge in [-0.2, -0.15) is 13.2 Å². The lowest BCUT2D eigenvalue weighted by molar-refractivity contribution is -0.178. The van der Waals surface area contributed by atoms with Gasteiger partial charge < -0.3 is 9.80 Å². The molecule has 3 aliphatic heterocycles. The zero-order valence-electron chi connectivity index (χ0n) is 19.3. The van der Waals surface area contributed by atoms with Gasteiger partial charge in [-0.3, -0.25) is 20.5 Å². The summed E-state index contributed by atoms with van der Waals surface area (Å²) in [5.74, 6) is 0.342. The summed E-state index contributed by atoms with van der Waals surface area (Å²) in [7, 11) is 0. The molecule has 1 aromatic heterocycles. The van der Waals surface area contributed by atoms with Crippen molar-refractivity contribution in [2.24, 2.45) is 11.8 Å². The molecule has 186 valence electrons. The standard InChI is InChI=1S/C24H33F3N6O/c25-24(26,27)14-33-20-11-15(1-4-18(20)22-19(23(33)34)13-29-30-22)16-5-6-28-21(12-16)32-9-7-31(8-10-32)17-2-3-17/h5-6,12,15,17-20,22,29-30H,1-4,7-11,13-14H2. The maximum Gasteiger partial charge on any atom is 0.406 e. The SMILES string of the molecule is O=C1C2CNNC2C2CCC(c3ccnc(N4CCN(C5CC5)CC4)c3)CC2N1CC(F)(F)F. The van der Waals surface area contributed by atoms with Crippen molar-refractivity contribution in [3.8, 4) is 0 Å². The lowest BCUT2D eigenvalue weighted by Gasteiger charge is -2.50. The number of likely N-dealkylation sites (tertiary alicyclic amines) is 1. The zero-order valence-corrected chi connectivity index (χ0v) is 19.3. The number of hydrazine groups is 1. The van der Waals surface area contributed by atoms with Crippen LogP contribution in [0.1, 0.15) is 43.6 Å². The number of rotatable bonds is 4. The fraction of sp³-hybridized carbons (Fsp3) is 0.750. The molecule has 7 nitrogen and oxygen atoms in total. The summed E-state index contributed by atoms with van der Waals surface area (Å²) in [6, 6.07) is 4.43. The fourth-order valence-corrected chi connectivity index (χ4v) is 6.79. The Morgan fingerprint density at radius 3 is 2.62 bits per heavy atom. The molecule has 5 fully saturated rings. The van der Waals surface area contributed by atoms with Crippen molar-refractivity contribution in [3.05, 3.63) is 23.9 Å². The predicted octanol–water partition coefficient (Wildman–Crippen LogP) is 2.12. The molecule has 5 aliphatic rings. The van der Waals surface area contributed by atoms with Crippen molar-refractivity contribution in [1.29, 1.82) is 0 Å². The summed E-state index contributed by atoms with van der Waals surface area (Å²) >= 11 is 0. The minimum absolute atomic E-state index is 0.0353. The quantitative estimate of drug-likeness (QED) is 0.692. The first-order valence-corrected chi connectivity index (χ1v) is 12.7. The number of carbonyl (C=O) groups excluding carboxylic acids is 1. The van der Waals surface area contributed by atoms with Crippen molar-refractivity contribution in [2.75, 3.05) is 44.2 Å². The first kappa shape index (κ1) is 22.5. The van der Waals surface area contributed by atoms with E-state index < -0.39 is 24.7 Å². The second-order valence-corrected chi connectivity index (χ2v) is 10.7. The van der Waals surface area contributed by atoms with Gasteiger partial charge in [0.15, 0.2) is 0 Å². The molecule has 5 atom stereocenters. The van der Waals surface area contributed by atoms with Gasteiger partial charge >= 0.3 is 6.18 Å². The van der Waals surface area contributed by atoms with Gasteiger partial charge in [0, 0.05) is 57.0 Å². The monoisotopic (exact) mass is 478 g/mol. The Balaban J connectivity index is 1.19. The first-order valence-electron chi connectivity index (χ1n) is 12.7. The number of halogens is 3. The van der Waals surface area contributed by atoms with Gasteiger partial charge in [0.1, 0.15) is 12.4 Å². The highest BCUT2D eigenvalue weighted by molar-refractivity contribution is 5.82. The normalized spacial score (nSPS) is 34.8. The van der Waals surface area contributed by atoms with Crippen LogP contribution in [0.25, 0.3) is 0 Å². The van der Waals surface area contributed by atoms with Gasteiger partial charge in [-0.1, -0.05) is 0 Å². The summed E-state index contributed by atoms with van der Waals surface area (Å²) in [4.78, 5) is 23.7. The van der Waals surface area contributed by atoms with Gasteiger partial charge in [-0.05, 0) is 61.6 Å². The average molecular weight is 479 g/mol. The molecular formula is C24H33F3N6O. The topological polar surface area (TPSA) is 63.7 Å². The number of pyridine rings is 1. The van der Waals surface area contributed by atoms with Crippen LogP contribution in [0, 0.1) is 11.8 Å². The van der Waals surface area contributed by atoms with Crippen LogP contribution in [0.2, 0.25) is 0 Å². The molecule has 10 heteroatoms. The molecule has 6 rings (SSSR count). The second-order valence-electron chi connectivity index (χ2n) is 10.7. The highest BCUT2D eigenvalue weighted by atomic mass is 19.4. The van der Waals surface area contributed by atoms with Crippen molar-refractivity contribution < 1.29 is 18.0 Å². The third-order valence-corrected chi connectivity index (χ3v) is 8.65. The van der Waals surface area contributed by atoms with Crippen molar-refractivity contribution in [3.63, 3.8) is 0 Å². The number of fused-ring (bicyclic) bond motifs is 3. The molecule has 0 spiro atoms. The molecule has 0 bridgehead atoms. The molecule has 34 heavy (non-hydrogen) atoms. The van der Waals surface area contributed by atoms with Crippen molar-refractivity contribution >= 4 is 11.7 Å². The molecule has 2 N–H and O–H groups in total. The van der Waals surface area contributed by atoms with Crippen LogP contribution >= 0.6 is 0 Å². The Bertz CT molecular complexity index is 916. The third-order valence-electron chi connectivity index (χ3n) is 8.65. The average Bonchev–Trinajstić information content (AvgIpc) is 3.57. The van der Waals surface area contributed by atoms with Gasteiger partial charge in [0.25, 0.3) is 0 Å². The molecule has 1 aromatic rings. The highest BCUT2D eigenvalue weighted by Gasteiger charge is 2.54. The maximum atomic E-state index is 13.4. The van der Waals surface area contributed by atoms with E-state index >= 15 is 0 Å². The van der Waals surface area contributed by atoms with E-state index in [2.05, 4.69) is 31.7 Å². The minimum Gasteiger partial charge on any atom is -0.354 e. The Hall–Kier alpha value is -1.91. The number of hydrogen-bond acceptors (Lipinski definition) is 6. The Morgan fingerprint density at radius 2 is 1.88 bits per heavy atom. The fourth-order valence-electron chi connectivity index (χ4n) is 6.79. The van der Waals surface area contributed by atoms with Crippen LogP contribution < -0.4 is 15.8 Å². The smallest absolute Gasteiger partial charge is 0.354 e. The molecule has 1 amide bonds. The van der Waals surface area contributed by atoms with Crippen LogP contribution in [0.4, 0.5) is 19.0 Å². The number of nitrogens with one attached hydrogen (secondary N) is 2. The molecule has 0 aromatic carbocycles. The first-order chi connectivity index (χ1) is 16.4. The number of amides is 1. The molecular weight excluding hydrogens is 445 g/mol. The van der Waals surface area contributed by atoms with E-state index in [1.165, 1.54) is 12.8 Å². The molecule has 0 radical (unpaired) electrons. The van der Waals surface area contributed by atoms with Gasteiger partial charge in [-0.15, -0.1) is 0 Å². The third kappa shape index (κ3) is 4.28. The number of carbonyl (C=O) groups is 1. The lowest BCUT2D eigenvalue weighted by atomic mass is 9.67. The number of piperidine rings is 1. The van der Waals surface area contributed by atoms with Gasteiger partial charge in [0.2, 0.25) is 5.91 Å². The maximum absolute atomic E-state index is 13.4. The van der Waals surface area contributed by atoms with E-state index in [-0.39, 0.29) is 23.8 Å². The van der Waals surface area contributed by atoms with E-state index in [9.17, 15) is 18.0 Å². The van der Waals surface area contributed by atoms with Crippen LogP contribution in [0.3, 0.4) is 0 Å². The Kier molecular flexibility index (Phi) is 5.73. The minimum atomic E-state index is -4.40. The number of aromatic nitrogens is 1. The van der Waals surface area contributed by atoms with Gasteiger partial charge in [0.05, 0.1) is 5.92 Å². The summed E-state index contributed by atoms with van der Waals surface area (Å²) in [6.07, 6.45) is 2.37. The Labute approximate surface area is 198 Å². The molecule has 4 heterocycles. The van der Waals surface area contributed by atoms with Crippen LogP contribution in [0.15, 0.2) is 18.3 Å². The van der Waals surface area contributed by atoms with Crippen LogP contribution in [-0.2, 0) is 4.79 Å². The molecule has 2 aliphatic carbocycles. The summed E-state index contributed by atoms with van der Waals surface area (Å²) in [6.45, 7) is 3.27. The molecule has 5 unspecified atom stereocenters. The highest BCUT2D eigenvalue weighted by Crippen LogP contribution is 2.45. The van der Waals surface area contributed by atoms with Crippen LogP contribution in [0.5, 0.6) is 0 Å². The number of nitrogens with zero attached hydrogens (tertiary/aromatic N) is 4. The number of hydrogen-bond donors (Lipinski definition) is 2. The second kappa shape index (κ2) is 8.64. The van der Waals surface area contributed by atoms with Crippen LogP contribution in [-0.4, -0.2) is 84.3 Å². The van der Waals surface area contributed by atoms with E-state index in [1.807, 2.05) is 12.3 Å². The molecule has 2 saturated carbocycles. The number of piperazine rings is 1. The van der Waals surface area contributed by atoms with Gasteiger partial charge in [-0.25, -0.2) is 4.98 Å². The Morgan fingerprint density at radius 1 is 1.09 bits per heavy atom. The number of anilines is 1. The van der Waals surface area contributed by atoms with E-state index in [0.29, 0.717) is 13.0 Å². The van der Waals surface area contributed by atoms with Crippen molar-refractivity contribution in [2.45, 2.75) is 62.3 Å². The van der Waals surface area contributed by atoms with E-state index in [4.69, 9.17) is 0 Å². The predicted molar refractivity (Wildman–Crippen MR) is 121 cm³/mol. The summed E-state index contributed by atoms with van der Waals surface area (Å²) < 4.78 is 40.3. The summed E-state index contributed by atoms with van der Waals surface area (Å²) in [5.41, 5.74) is 7.34. The lowest BCUT2D eigenvalue weighted by Crippen LogP contribution is -2.63. The summed E-state index contributed by atoms with van der Waals surface area (Å²) in [5, 5.41) is 0. The van der Waals surface area contributed by atoms with E-state index in [1.54, 1.807) is 0 Å². The zero-order chi connectivity index (χ0) is 23.4. The molecule has 3 saturated heterocycles. The number of alkyl halides is 3. The van der Waals surface area contributed by atoms with E-state index in [0.717, 1.165) is 61.3 Å². The van der Waals surface area contributed by atoms with Crippen molar-refractivity contribution in [1.82, 2.24) is 25.6 Å².